The van der Waals surface area contributed by atoms with Crippen LogP contribution in [0.15, 0.2) is 42.5 Å². The van der Waals surface area contributed by atoms with Crippen LogP contribution < -0.4 is 9.64 Å². The molecule has 1 heterocycles. The SMILES string of the molecule is COc1ccc(N(C)c2nc(C)nc3ccccc23)cc1C(=O)OCCCC[Se]C#N. The van der Waals surface area contributed by atoms with E-state index in [2.05, 4.69) is 14.9 Å². The van der Waals surface area contributed by atoms with Gasteiger partial charge in [0, 0.05) is 0 Å². The first-order valence-corrected chi connectivity index (χ1v) is 11.9. The van der Waals surface area contributed by atoms with Gasteiger partial charge in [-0.15, -0.1) is 0 Å². The molecule has 3 aromatic rings. The molecule has 0 N–H and O–H groups in total. The number of anilines is 2. The summed E-state index contributed by atoms with van der Waals surface area (Å²) in [5, 5.41) is 10.4. The van der Waals surface area contributed by atoms with Crippen molar-refractivity contribution in [2.75, 3.05) is 25.7 Å². The number of carbonyl (C=O) groups excluding carboxylic acids is 1. The molecular weight excluding hydrogens is 459 g/mol. The number of hydrogen-bond donors (Lipinski definition) is 0. The molecule has 0 spiro atoms. The number of nitriles is 1. The molecule has 0 aliphatic carbocycles. The first kappa shape index (κ1) is 22.5. The molecular formula is C23H24N4O3Se. The molecule has 1 aromatic heterocycles. The quantitative estimate of drug-likeness (QED) is 0.255. The number of esters is 1. The van der Waals surface area contributed by atoms with E-state index < -0.39 is 5.97 Å². The maximum atomic E-state index is 12.7. The Morgan fingerprint density at radius 2 is 2.00 bits per heavy atom. The second kappa shape index (κ2) is 10.8. The topological polar surface area (TPSA) is 88.3 Å². The fraction of sp³-hybridized carbons (Fsp3) is 0.304. The number of methoxy groups -OCH3 is 1. The molecule has 0 radical (unpaired) electrons. The van der Waals surface area contributed by atoms with Crippen molar-refractivity contribution in [3.8, 4) is 10.7 Å². The fourth-order valence-corrected chi connectivity index (χ4v) is 4.10. The van der Waals surface area contributed by atoms with Gasteiger partial charge in [-0.25, -0.2) is 4.98 Å². The van der Waals surface area contributed by atoms with Crippen molar-refractivity contribution >= 4 is 43.3 Å². The summed E-state index contributed by atoms with van der Waals surface area (Å²) in [6, 6.07) is 13.2. The standard InChI is InChI=1S/C23H24N4O3Se/c1-16-25-20-9-5-4-8-18(20)22(26-16)27(2)17-10-11-21(29-3)19(14-17)23(28)30-12-6-7-13-31-15-24/h4-5,8-11,14H,6-7,12-13H2,1-3H3. The van der Waals surface area contributed by atoms with Gasteiger partial charge in [-0.05, 0) is 19.1 Å². The van der Waals surface area contributed by atoms with E-state index in [1.54, 1.807) is 12.1 Å². The Kier molecular flexibility index (Phi) is 7.82. The van der Waals surface area contributed by atoms with E-state index in [9.17, 15) is 4.79 Å². The first-order chi connectivity index (χ1) is 15.0. The van der Waals surface area contributed by atoms with Crippen molar-refractivity contribution in [3.63, 3.8) is 0 Å². The number of unbranched alkanes of at least 4 members (excludes halogenated alkanes) is 1. The number of nitrogens with zero attached hydrogens (tertiary/aromatic N) is 4. The van der Waals surface area contributed by atoms with Crippen LogP contribution in [0.2, 0.25) is 5.32 Å². The third kappa shape index (κ3) is 5.52. The molecule has 0 bridgehead atoms. The molecule has 160 valence electrons. The number of fused-ring (bicyclic) bond motifs is 1. The number of benzene rings is 2. The van der Waals surface area contributed by atoms with E-state index in [1.807, 2.05) is 49.2 Å². The van der Waals surface area contributed by atoms with E-state index in [1.165, 1.54) is 7.11 Å². The summed E-state index contributed by atoms with van der Waals surface area (Å²) in [5.41, 5.74) is 2.01. The van der Waals surface area contributed by atoms with Crippen molar-refractivity contribution in [2.45, 2.75) is 25.1 Å². The molecule has 0 amide bonds. The van der Waals surface area contributed by atoms with Gasteiger partial charge >= 0.3 is 141 Å². The molecule has 7 nitrogen and oxygen atoms in total. The summed E-state index contributed by atoms with van der Waals surface area (Å²) >= 11 is 0.00959. The van der Waals surface area contributed by atoms with E-state index in [0.717, 1.165) is 40.6 Å². The predicted molar refractivity (Wildman–Crippen MR) is 121 cm³/mol. The van der Waals surface area contributed by atoms with Crippen molar-refractivity contribution in [1.82, 2.24) is 9.97 Å². The van der Waals surface area contributed by atoms with Gasteiger partial charge in [0.15, 0.2) is 0 Å². The number of para-hydroxylation sites is 1. The van der Waals surface area contributed by atoms with E-state index >= 15 is 0 Å². The van der Waals surface area contributed by atoms with Crippen LogP contribution in [-0.2, 0) is 4.74 Å². The van der Waals surface area contributed by atoms with E-state index in [4.69, 9.17) is 14.7 Å². The van der Waals surface area contributed by atoms with Crippen molar-refractivity contribution in [3.05, 3.63) is 53.9 Å². The van der Waals surface area contributed by atoms with Crippen molar-refractivity contribution in [1.29, 1.82) is 5.26 Å². The Morgan fingerprint density at radius 3 is 2.77 bits per heavy atom. The average Bonchev–Trinajstić information content (AvgIpc) is 2.79. The molecule has 0 unspecified atom stereocenters. The average molecular weight is 483 g/mol. The maximum absolute atomic E-state index is 12.7. The Balaban J connectivity index is 1.83. The van der Waals surface area contributed by atoms with Crippen LogP contribution in [0.3, 0.4) is 0 Å². The van der Waals surface area contributed by atoms with Gasteiger partial charge < -0.3 is 0 Å². The zero-order chi connectivity index (χ0) is 22.2. The Bertz CT molecular complexity index is 1110. The van der Waals surface area contributed by atoms with Crippen LogP contribution in [0.25, 0.3) is 10.9 Å². The molecule has 3 rings (SSSR count). The number of ether oxygens (including phenoxy) is 2. The number of carbonyl (C=O) groups is 1. The van der Waals surface area contributed by atoms with Gasteiger partial charge in [0.1, 0.15) is 5.82 Å². The van der Waals surface area contributed by atoms with Crippen LogP contribution >= 0.6 is 0 Å². The third-order valence-electron chi connectivity index (χ3n) is 4.74. The summed E-state index contributed by atoms with van der Waals surface area (Å²) in [5.74, 6) is 1.46. The van der Waals surface area contributed by atoms with Gasteiger partial charge in [-0.1, -0.05) is 12.1 Å². The van der Waals surface area contributed by atoms with Gasteiger partial charge in [0.05, 0.1) is 5.52 Å². The van der Waals surface area contributed by atoms with E-state index in [-0.39, 0.29) is 15.0 Å². The molecule has 0 saturated heterocycles. The summed E-state index contributed by atoms with van der Waals surface area (Å²) in [4.78, 5) is 25.9. The zero-order valence-electron chi connectivity index (χ0n) is 17.8. The summed E-state index contributed by atoms with van der Waals surface area (Å²) in [6.07, 6.45) is 1.62. The molecule has 0 saturated carbocycles. The minimum atomic E-state index is -0.429. The van der Waals surface area contributed by atoms with Gasteiger partial charge in [-0.3, -0.25) is 0 Å². The first-order valence-electron chi connectivity index (χ1n) is 9.88. The Morgan fingerprint density at radius 1 is 1.19 bits per heavy atom. The molecule has 0 aliphatic heterocycles. The Labute approximate surface area is 188 Å². The van der Waals surface area contributed by atoms with Crippen LogP contribution in [-0.4, -0.2) is 51.7 Å². The zero-order valence-corrected chi connectivity index (χ0v) is 19.5. The van der Waals surface area contributed by atoms with Crippen LogP contribution in [0.4, 0.5) is 11.5 Å². The molecule has 0 fully saturated rings. The number of rotatable bonds is 9. The van der Waals surface area contributed by atoms with Gasteiger partial charge in [-0.2, -0.15) is 0 Å². The minimum absolute atomic E-state index is 0.00959. The molecule has 8 heteroatoms. The summed E-state index contributed by atoms with van der Waals surface area (Å²) in [6.45, 7) is 2.18. The van der Waals surface area contributed by atoms with Gasteiger partial charge in [0.25, 0.3) is 0 Å². The van der Waals surface area contributed by atoms with Crippen LogP contribution in [0, 0.1) is 17.2 Å². The van der Waals surface area contributed by atoms with Crippen LogP contribution in [0.1, 0.15) is 29.0 Å². The number of hydrogen-bond acceptors (Lipinski definition) is 7. The fourth-order valence-electron chi connectivity index (χ4n) is 3.18. The van der Waals surface area contributed by atoms with Crippen molar-refractivity contribution < 1.29 is 14.3 Å². The predicted octanol–water partition coefficient (Wildman–Crippen LogP) is 4.26. The summed E-state index contributed by atoms with van der Waals surface area (Å²) in [7, 11) is 3.43. The second-order valence-electron chi connectivity index (χ2n) is 6.84. The third-order valence-corrected chi connectivity index (χ3v) is 6.05. The second-order valence-corrected chi connectivity index (χ2v) is 8.68. The van der Waals surface area contributed by atoms with Crippen molar-refractivity contribution in [2.24, 2.45) is 0 Å². The summed E-state index contributed by atoms with van der Waals surface area (Å²) < 4.78 is 10.8. The van der Waals surface area contributed by atoms with Crippen LogP contribution in [0.5, 0.6) is 5.75 Å². The molecule has 2 aromatic carbocycles. The normalized spacial score (nSPS) is 10.5. The Hall–Kier alpha value is -3.14. The molecule has 0 atom stereocenters. The number of aromatic nitrogens is 2. The molecule has 31 heavy (non-hydrogen) atoms. The monoisotopic (exact) mass is 484 g/mol. The van der Waals surface area contributed by atoms with Gasteiger partial charge in [0.2, 0.25) is 0 Å². The number of aryl methyl sites for hydroxylation is 1. The van der Waals surface area contributed by atoms with E-state index in [0.29, 0.717) is 23.7 Å². The molecule has 0 aliphatic rings.